The Balaban J connectivity index is 1.92. The van der Waals surface area contributed by atoms with E-state index >= 15 is 0 Å². The van der Waals surface area contributed by atoms with E-state index in [0.29, 0.717) is 6.54 Å². The van der Waals surface area contributed by atoms with Gasteiger partial charge in [0.2, 0.25) is 5.91 Å². The van der Waals surface area contributed by atoms with Crippen molar-refractivity contribution in [1.82, 2.24) is 15.2 Å². The number of nitrogens with one attached hydrogen (secondary N) is 1. The van der Waals surface area contributed by atoms with E-state index in [1.165, 1.54) is 0 Å². The van der Waals surface area contributed by atoms with E-state index in [4.69, 9.17) is 0 Å². The van der Waals surface area contributed by atoms with Gasteiger partial charge in [0.25, 0.3) is 0 Å². The second kappa shape index (κ2) is 5.07. The van der Waals surface area contributed by atoms with Crippen LogP contribution in [-0.2, 0) is 11.3 Å². The molecule has 1 atom stereocenters. The lowest BCUT2D eigenvalue weighted by molar-refractivity contribution is -0.132. The van der Waals surface area contributed by atoms with Gasteiger partial charge in [-0.15, -0.1) is 0 Å². The van der Waals surface area contributed by atoms with Crippen molar-refractivity contribution >= 4 is 5.91 Å². The van der Waals surface area contributed by atoms with Gasteiger partial charge in [0.05, 0.1) is 6.04 Å². The van der Waals surface area contributed by atoms with Crippen LogP contribution in [-0.4, -0.2) is 35.4 Å². The van der Waals surface area contributed by atoms with E-state index in [9.17, 15) is 4.79 Å². The maximum Gasteiger partial charge on any atom is 0.239 e. The summed E-state index contributed by atoms with van der Waals surface area (Å²) in [6, 6.07) is 3.89. The number of rotatable bonds is 3. The van der Waals surface area contributed by atoms with E-state index < -0.39 is 0 Å². The average Bonchev–Trinajstić information content (AvgIpc) is 2.83. The first kappa shape index (κ1) is 11.1. The van der Waals surface area contributed by atoms with Crippen molar-refractivity contribution < 1.29 is 4.79 Å². The molecule has 1 N–H and O–H groups in total. The van der Waals surface area contributed by atoms with Crippen LogP contribution in [0, 0.1) is 0 Å². The molecule has 1 aromatic heterocycles. The molecule has 1 aliphatic rings. The smallest absolute Gasteiger partial charge is 0.239 e. The molecule has 1 fully saturated rings. The number of aromatic nitrogens is 1. The third-order valence-electron chi connectivity index (χ3n) is 2.88. The lowest BCUT2D eigenvalue weighted by atomic mass is 10.2. The van der Waals surface area contributed by atoms with Crippen molar-refractivity contribution in [3.63, 3.8) is 0 Å². The Morgan fingerprint density at radius 1 is 1.69 bits per heavy atom. The molecule has 1 aromatic rings. The van der Waals surface area contributed by atoms with Gasteiger partial charge >= 0.3 is 0 Å². The average molecular weight is 219 g/mol. The lowest BCUT2D eigenvalue weighted by Crippen LogP contribution is -2.41. The zero-order chi connectivity index (χ0) is 11.4. The van der Waals surface area contributed by atoms with Crippen LogP contribution >= 0.6 is 0 Å². The van der Waals surface area contributed by atoms with Crippen molar-refractivity contribution in [1.29, 1.82) is 0 Å². The molecule has 0 aromatic carbocycles. The Labute approximate surface area is 95.7 Å². The van der Waals surface area contributed by atoms with Gasteiger partial charge < -0.3 is 10.2 Å². The number of likely N-dealkylation sites (N-methyl/N-ethyl adjacent to an activating group) is 1. The fraction of sp³-hybridized carbons (Fsp3) is 0.500. The minimum atomic E-state index is 0.0154. The maximum atomic E-state index is 12.0. The van der Waals surface area contributed by atoms with Crippen LogP contribution in [0.2, 0.25) is 0 Å². The van der Waals surface area contributed by atoms with E-state index in [1.54, 1.807) is 17.3 Å². The summed E-state index contributed by atoms with van der Waals surface area (Å²) in [4.78, 5) is 17.8. The molecule has 86 valence electrons. The highest BCUT2D eigenvalue weighted by Crippen LogP contribution is 2.09. The number of hydrogen-bond acceptors (Lipinski definition) is 3. The van der Waals surface area contributed by atoms with Crippen molar-refractivity contribution in [2.45, 2.75) is 25.4 Å². The Morgan fingerprint density at radius 2 is 2.56 bits per heavy atom. The summed E-state index contributed by atoms with van der Waals surface area (Å²) in [7, 11) is 1.84. The molecule has 4 heteroatoms. The monoisotopic (exact) mass is 219 g/mol. The first-order valence-corrected chi connectivity index (χ1v) is 5.64. The number of nitrogens with zero attached hydrogens (tertiary/aromatic N) is 2. The molecule has 2 heterocycles. The summed E-state index contributed by atoms with van der Waals surface area (Å²) < 4.78 is 0. The molecule has 0 spiro atoms. The predicted octanol–water partition coefficient (Wildman–Crippen LogP) is 0.792. The van der Waals surface area contributed by atoms with E-state index in [0.717, 1.165) is 24.9 Å². The van der Waals surface area contributed by atoms with Gasteiger partial charge in [-0.25, -0.2) is 0 Å². The molecule has 0 aliphatic carbocycles. The molecule has 0 bridgehead atoms. The number of carbonyl (C=O) groups is 1. The number of pyridine rings is 1. The van der Waals surface area contributed by atoms with E-state index in [-0.39, 0.29) is 11.9 Å². The van der Waals surface area contributed by atoms with Crippen LogP contribution in [0.1, 0.15) is 18.4 Å². The van der Waals surface area contributed by atoms with Crippen molar-refractivity contribution in [2.24, 2.45) is 0 Å². The zero-order valence-corrected chi connectivity index (χ0v) is 9.52. The van der Waals surface area contributed by atoms with Crippen LogP contribution in [0.5, 0.6) is 0 Å². The molecule has 1 saturated heterocycles. The molecular formula is C12H17N3O. The first-order valence-electron chi connectivity index (χ1n) is 5.64. The van der Waals surface area contributed by atoms with Crippen LogP contribution < -0.4 is 5.32 Å². The van der Waals surface area contributed by atoms with Gasteiger partial charge in [-0.2, -0.15) is 0 Å². The van der Waals surface area contributed by atoms with Crippen molar-refractivity contribution in [2.75, 3.05) is 13.6 Å². The van der Waals surface area contributed by atoms with Crippen LogP contribution in [0.4, 0.5) is 0 Å². The van der Waals surface area contributed by atoms with Gasteiger partial charge in [0, 0.05) is 26.0 Å². The van der Waals surface area contributed by atoms with E-state index in [2.05, 4.69) is 10.3 Å². The quantitative estimate of drug-likeness (QED) is 0.817. The fourth-order valence-electron chi connectivity index (χ4n) is 2.00. The van der Waals surface area contributed by atoms with Crippen molar-refractivity contribution in [3.8, 4) is 0 Å². The Kier molecular flexibility index (Phi) is 3.51. The van der Waals surface area contributed by atoms with Gasteiger partial charge in [-0.05, 0) is 31.0 Å². The Morgan fingerprint density at radius 3 is 3.19 bits per heavy atom. The predicted molar refractivity (Wildman–Crippen MR) is 61.7 cm³/mol. The lowest BCUT2D eigenvalue weighted by Gasteiger charge is -2.21. The highest BCUT2D eigenvalue weighted by Gasteiger charge is 2.24. The second-order valence-corrected chi connectivity index (χ2v) is 4.20. The second-order valence-electron chi connectivity index (χ2n) is 4.20. The fourth-order valence-corrected chi connectivity index (χ4v) is 2.00. The molecule has 0 radical (unpaired) electrons. The molecule has 0 unspecified atom stereocenters. The van der Waals surface area contributed by atoms with Gasteiger partial charge in [-0.1, -0.05) is 6.07 Å². The van der Waals surface area contributed by atoms with Crippen LogP contribution in [0.15, 0.2) is 24.5 Å². The summed E-state index contributed by atoms with van der Waals surface area (Å²) in [5.41, 5.74) is 1.07. The summed E-state index contributed by atoms with van der Waals surface area (Å²) in [5, 5.41) is 3.22. The topological polar surface area (TPSA) is 45.2 Å². The van der Waals surface area contributed by atoms with Crippen LogP contribution in [0.25, 0.3) is 0 Å². The highest BCUT2D eigenvalue weighted by atomic mass is 16.2. The molecule has 0 saturated carbocycles. The normalized spacial score (nSPS) is 19.7. The minimum absolute atomic E-state index is 0.0154. The molecule has 1 amide bonds. The Hall–Kier alpha value is -1.42. The Bertz CT molecular complexity index is 347. The summed E-state index contributed by atoms with van der Waals surface area (Å²) in [6.45, 7) is 1.59. The van der Waals surface area contributed by atoms with Crippen molar-refractivity contribution in [3.05, 3.63) is 30.1 Å². The number of hydrogen-bond donors (Lipinski definition) is 1. The van der Waals surface area contributed by atoms with Gasteiger partial charge in [-0.3, -0.25) is 9.78 Å². The van der Waals surface area contributed by atoms with Gasteiger partial charge in [0.1, 0.15) is 0 Å². The third-order valence-corrected chi connectivity index (χ3v) is 2.88. The number of carbonyl (C=O) groups excluding carboxylic acids is 1. The number of amides is 1. The van der Waals surface area contributed by atoms with Gasteiger partial charge in [0.15, 0.2) is 0 Å². The maximum absolute atomic E-state index is 12.0. The summed E-state index contributed by atoms with van der Waals surface area (Å²) >= 11 is 0. The summed E-state index contributed by atoms with van der Waals surface area (Å²) in [6.07, 6.45) is 5.59. The molecule has 2 rings (SSSR count). The zero-order valence-electron chi connectivity index (χ0n) is 9.52. The molecular weight excluding hydrogens is 202 g/mol. The van der Waals surface area contributed by atoms with Crippen LogP contribution in [0.3, 0.4) is 0 Å². The molecule has 1 aliphatic heterocycles. The summed E-state index contributed by atoms with van der Waals surface area (Å²) in [5.74, 6) is 0.182. The van der Waals surface area contributed by atoms with E-state index in [1.807, 2.05) is 19.2 Å². The third kappa shape index (κ3) is 2.58. The largest absolute Gasteiger partial charge is 0.340 e. The first-order chi connectivity index (χ1) is 7.77. The SMILES string of the molecule is CN(Cc1cccnc1)C(=O)[C@H]1CCCN1. The highest BCUT2D eigenvalue weighted by molar-refractivity contribution is 5.81. The molecule has 4 nitrogen and oxygen atoms in total. The minimum Gasteiger partial charge on any atom is -0.340 e. The molecule has 16 heavy (non-hydrogen) atoms. The standard InChI is InChI=1S/C12H17N3O/c1-15(9-10-4-2-6-13-8-10)12(16)11-5-3-7-14-11/h2,4,6,8,11,14H,3,5,7,9H2,1H3/t11-/m1/s1.